The van der Waals surface area contributed by atoms with Crippen molar-refractivity contribution in [2.75, 3.05) is 13.2 Å². The van der Waals surface area contributed by atoms with E-state index in [0.717, 1.165) is 5.69 Å². The standard InChI is InChI=1S/C10H13N3O2/c1-2-10(15)12-5-8-3-4-11-13(8)9(6-12)7-14/h2-4,9,14H,1,5-7H2. The quantitative estimate of drug-likeness (QED) is 0.691. The highest BCUT2D eigenvalue weighted by atomic mass is 16.3. The van der Waals surface area contributed by atoms with Crippen molar-refractivity contribution in [3.8, 4) is 0 Å². The predicted octanol–water partition coefficient (Wildman–Crippen LogP) is -0.0553. The fraction of sp³-hybridized carbons (Fsp3) is 0.400. The Morgan fingerprint density at radius 3 is 3.27 bits per heavy atom. The first-order valence-electron chi connectivity index (χ1n) is 4.81. The second kappa shape index (κ2) is 3.86. The summed E-state index contributed by atoms with van der Waals surface area (Å²) < 4.78 is 1.77. The molecule has 0 fully saturated rings. The van der Waals surface area contributed by atoms with E-state index < -0.39 is 0 Å². The van der Waals surface area contributed by atoms with Crippen molar-refractivity contribution >= 4 is 5.91 Å². The lowest BCUT2D eigenvalue weighted by Gasteiger charge is -2.32. The molecule has 1 aromatic rings. The molecule has 0 spiro atoms. The topological polar surface area (TPSA) is 58.4 Å². The van der Waals surface area contributed by atoms with Crippen molar-refractivity contribution in [3.05, 3.63) is 30.6 Å². The smallest absolute Gasteiger partial charge is 0.246 e. The zero-order valence-electron chi connectivity index (χ0n) is 8.33. The first-order valence-corrected chi connectivity index (χ1v) is 4.81. The second-order valence-electron chi connectivity index (χ2n) is 3.53. The minimum absolute atomic E-state index is 0.0183. The van der Waals surface area contributed by atoms with Gasteiger partial charge in [-0.15, -0.1) is 0 Å². The maximum atomic E-state index is 11.5. The second-order valence-corrected chi connectivity index (χ2v) is 3.53. The average Bonchev–Trinajstić information content (AvgIpc) is 2.74. The van der Waals surface area contributed by atoms with Gasteiger partial charge < -0.3 is 10.0 Å². The van der Waals surface area contributed by atoms with E-state index in [9.17, 15) is 9.90 Å². The van der Waals surface area contributed by atoms with Gasteiger partial charge in [0.2, 0.25) is 5.91 Å². The van der Waals surface area contributed by atoms with Crippen molar-refractivity contribution in [2.45, 2.75) is 12.6 Å². The largest absolute Gasteiger partial charge is 0.394 e. The first-order chi connectivity index (χ1) is 7.26. The van der Waals surface area contributed by atoms with E-state index in [1.165, 1.54) is 6.08 Å². The number of aromatic nitrogens is 2. The van der Waals surface area contributed by atoms with Gasteiger partial charge in [0.25, 0.3) is 0 Å². The Kier molecular flexibility index (Phi) is 2.55. The summed E-state index contributed by atoms with van der Waals surface area (Å²) in [5.74, 6) is -0.110. The number of amides is 1. The minimum Gasteiger partial charge on any atom is -0.394 e. The number of rotatable bonds is 2. The van der Waals surface area contributed by atoms with Crippen LogP contribution in [0.15, 0.2) is 24.9 Å². The fourth-order valence-electron chi connectivity index (χ4n) is 1.82. The van der Waals surface area contributed by atoms with Crippen LogP contribution in [-0.2, 0) is 11.3 Å². The Hall–Kier alpha value is -1.62. The van der Waals surface area contributed by atoms with Gasteiger partial charge in [0.05, 0.1) is 24.9 Å². The van der Waals surface area contributed by atoms with Crippen molar-refractivity contribution in [3.63, 3.8) is 0 Å². The normalized spacial score (nSPS) is 19.8. The number of carbonyl (C=O) groups is 1. The molecule has 0 aliphatic carbocycles. The lowest BCUT2D eigenvalue weighted by molar-refractivity contribution is -0.128. The Morgan fingerprint density at radius 1 is 1.80 bits per heavy atom. The number of fused-ring (bicyclic) bond motifs is 1. The molecule has 15 heavy (non-hydrogen) atoms. The van der Waals surface area contributed by atoms with E-state index in [4.69, 9.17) is 0 Å². The molecule has 5 nitrogen and oxygen atoms in total. The molecule has 1 aliphatic heterocycles. The summed E-state index contributed by atoms with van der Waals surface area (Å²) in [5, 5.41) is 13.3. The number of aliphatic hydroxyl groups is 1. The SMILES string of the molecule is C=CC(=O)N1Cc2ccnn2C(CO)C1. The Morgan fingerprint density at radius 2 is 2.60 bits per heavy atom. The summed E-state index contributed by atoms with van der Waals surface area (Å²) in [7, 11) is 0. The molecule has 2 heterocycles. The monoisotopic (exact) mass is 207 g/mol. The summed E-state index contributed by atoms with van der Waals surface area (Å²) in [4.78, 5) is 13.1. The number of carbonyl (C=O) groups excluding carboxylic acids is 1. The number of hydrogen-bond donors (Lipinski definition) is 1. The molecule has 80 valence electrons. The van der Waals surface area contributed by atoms with Crippen LogP contribution < -0.4 is 0 Å². The third-order valence-electron chi connectivity index (χ3n) is 2.58. The summed E-state index contributed by atoms with van der Waals surface area (Å²) >= 11 is 0. The van der Waals surface area contributed by atoms with Crippen LogP contribution >= 0.6 is 0 Å². The van der Waals surface area contributed by atoms with Crippen LogP contribution in [0.4, 0.5) is 0 Å². The zero-order chi connectivity index (χ0) is 10.8. The minimum atomic E-state index is -0.146. The molecule has 0 aromatic carbocycles. The predicted molar refractivity (Wildman–Crippen MR) is 54.0 cm³/mol. The molecule has 1 aliphatic rings. The molecule has 0 radical (unpaired) electrons. The molecule has 1 N–H and O–H groups in total. The van der Waals surface area contributed by atoms with Gasteiger partial charge in [-0.1, -0.05) is 6.58 Å². The van der Waals surface area contributed by atoms with Crippen LogP contribution in [0.25, 0.3) is 0 Å². The van der Waals surface area contributed by atoms with E-state index in [2.05, 4.69) is 11.7 Å². The first kappa shape index (κ1) is 9.92. The van der Waals surface area contributed by atoms with Gasteiger partial charge in [-0.05, 0) is 12.1 Å². The molecule has 1 unspecified atom stereocenters. The van der Waals surface area contributed by atoms with E-state index in [1.807, 2.05) is 6.07 Å². The lowest BCUT2D eigenvalue weighted by atomic mass is 10.2. The Balaban J connectivity index is 2.26. The van der Waals surface area contributed by atoms with Gasteiger partial charge >= 0.3 is 0 Å². The molecule has 0 saturated carbocycles. The molecule has 0 saturated heterocycles. The highest BCUT2D eigenvalue weighted by Gasteiger charge is 2.26. The Bertz CT molecular complexity index is 386. The van der Waals surface area contributed by atoms with Crippen LogP contribution in [0.2, 0.25) is 0 Å². The van der Waals surface area contributed by atoms with Gasteiger partial charge in [-0.25, -0.2) is 0 Å². The van der Waals surface area contributed by atoms with Crippen LogP contribution in [0, 0.1) is 0 Å². The number of nitrogens with zero attached hydrogens (tertiary/aromatic N) is 3. The van der Waals surface area contributed by atoms with Gasteiger partial charge in [0.15, 0.2) is 0 Å². The van der Waals surface area contributed by atoms with Crippen molar-refractivity contribution in [1.29, 1.82) is 0 Å². The van der Waals surface area contributed by atoms with E-state index in [0.29, 0.717) is 13.1 Å². The summed E-state index contributed by atoms with van der Waals surface area (Å²) in [6.07, 6.45) is 2.97. The molecule has 1 aromatic heterocycles. The van der Waals surface area contributed by atoms with Gasteiger partial charge in [-0.3, -0.25) is 9.48 Å². The third-order valence-corrected chi connectivity index (χ3v) is 2.58. The molecule has 5 heteroatoms. The number of hydrogen-bond acceptors (Lipinski definition) is 3. The van der Waals surface area contributed by atoms with Crippen molar-refractivity contribution < 1.29 is 9.90 Å². The fourth-order valence-corrected chi connectivity index (χ4v) is 1.82. The molecule has 2 rings (SSSR count). The number of aliphatic hydroxyl groups excluding tert-OH is 1. The van der Waals surface area contributed by atoms with Crippen LogP contribution in [0.1, 0.15) is 11.7 Å². The molecular formula is C10H13N3O2. The average molecular weight is 207 g/mol. The summed E-state index contributed by atoms with van der Waals surface area (Å²) in [6, 6.07) is 1.71. The van der Waals surface area contributed by atoms with E-state index >= 15 is 0 Å². The van der Waals surface area contributed by atoms with Crippen molar-refractivity contribution in [2.24, 2.45) is 0 Å². The Labute approximate surface area is 87.6 Å². The summed E-state index contributed by atoms with van der Waals surface area (Å²) in [5.41, 5.74) is 0.940. The van der Waals surface area contributed by atoms with Crippen LogP contribution in [0.3, 0.4) is 0 Å². The highest BCUT2D eigenvalue weighted by molar-refractivity contribution is 5.87. The lowest BCUT2D eigenvalue weighted by Crippen LogP contribution is -2.41. The highest BCUT2D eigenvalue weighted by Crippen LogP contribution is 2.19. The zero-order valence-corrected chi connectivity index (χ0v) is 8.33. The van der Waals surface area contributed by atoms with E-state index in [-0.39, 0.29) is 18.6 Å². The maximum absolute atomic E-state index is 11.5. The maximum Gasteiger partial charge on any atom is 0.246 e. The van der Waals surface area contributed by atoms with Gasteiger partial charge in [0.1, 0.15) is 0 Å². The molecular weight excluding hydrogens is 194 g/mol. The van der Waals surface area contributed by atoms with E-state index in [1.54, 1.807) is 15.8 Å². The summed E-state index contributed by atoms with van der Waals surface area (Å²) in [6.45, 7) is 4.45. The van der Waals surface area contributed by atoms with Crippen LogP contribution in [-0.4, -0.2) is 38.8 Å². The van der Waals surface area contributed by atoms with Gasteiger partial charge in [0, 0.05) is 12.7 Å². The van der Waals surface area contributed by atoms with Crippen molar-refractivity contribution in [1.82, 2.24) is 14.7 Å². The molecule has 0 bridgehead atoms. The molecule has 1 amide bonds. The molecule has 1 atom stereocenters. The van der Waals surface area contributed by atoms with Gasteiger partial charge in [-0.2, -0.15) is 5.10 Å². The third kappa shape index (κ3) is 1.66. The van der Waals surface area contributed by atoms with Crippen LogP contribution in [0.5, 0.6) is 0 Å².